The third-order valence-corrected chi connectivity index (χ3v) is 4.62. The van der Waals surface area contributed by atoms with Crippen LogP contribution in [-0.2, 0) is 13.1 Å². The lowest BCUT2D eigenvalue weighted by Gasteiger charge is -2.05. The lowest BCUT2D eigenvalue weighted by molar-refractivity contribution is 0.691. The first-order valence-corrected chi connectivity index (χ1v) is 7.72. The molecule has 0 amide bonds. The standard InChI is InChI=1S/C16H15ClN2S/c1-11-6-7-12(8-13(11)17)9-18-10-16-19-14-4-2-3-5-15(14)20-16/h2-8,18H,9-10H2,1H3. The number of halogens is 1. The van der Waals surface area contributed by atoms with Gasteiger partial charge in [0, 0.05) is 18.1 Å². The van der Waals surface area contributed by atoms with E-state index in [-0.39, 0.29) is 0 Å². The normalized spacial score (nSPS) is 11.1. The van der Waals surface area contributed by atoms with E-state index in [0.29, 0.717) is 0 Å². The topological polar surface area (TPSA) is 24.9 Å². The fraction of sp³-hybridized carbons (Fsp3) is 0.188. The van der Waals surface area contributed by atoms with E-state index in [4.69, 9.17) is 11.6 Å². The number of rotatable bonds is 4. The minimum absolute atomic E-state index is 0.783. The summed E-state index contributed by atoms with van der Waals surface area (Å²) in [5.74, 6) is 0. The molecule has 3 aromatic rings. The molecule has 0 atom stereocenters. The van der Waals surface area contributed by atoms with Crippen LogP contribution in [0.25, 0.3) is 10.2 Å². The second-order valence-electron chi connectivity index (χ2n) is 4.76. The highest BCUT2D eigenvalue weighted by atomic mass is 35.5. The molecule has 1 N–H and O–H groups in total. The molecule has 0 aliphatic carbocycles. The van der Waals surface area contributed by atoms with Crippen LogP contribution in [0.1, 0.15) is 16.1 Å². The van der Waals surface area contributed by atoms with Gasteiger partial charge < -0.3 is 5.32 Å². The zero-order valence-corrected chi connectivity index (χ0v) is 12.8. The molecular weight excluding hydrogens is 288 g/mol. The summed E-state index contributed by atoms with van der Waals surface area (Å²) in [5, 5.41) is 5.35. The van der Waals surface area contributed by atoms with E-state index in [1.54, 1.807) is 11.3 Å². The first kappa shape index (κ1) is 13.6. The third-order valence-electron chi connectivity index (χ3n) is 3.18. The Hall–Kier alpha value is -1.42. The van der Waals surface area contributed by atoms with Crippen molar-refractivity contribution in [2.45, 2.75) is 20.0 Å². The molecule has 1 heterocycles. The van der Waals surface area contributed by atoms with E-state index in [9.17, 15) is 0 Å². The van der Waals surface area contributed by atoms with Crippen molar-refractivity contribution in [3.05, 3.63) is 63.6 Å². The van der Waals surface area contributed by atoms with Crippen LogP contribution in [0, 0.1) is 6.92 Å². The Labute approximate surface area is 127 Å². The van der Waals surface area contributed by atoms with Gasteiger partial charge in [0.1, 0.15) is 5.01 Å². The first-order chi connectivity index (χ1) is 9.72. The van der Waals surface area contributed by atoms with E-state index in [1.807, 2.05) is 25.1 Å². The number of aryl methyl sites for hydroxylation is 1. The summed E-state index contributed by atoms with van der Waals surface area (Å²) in [7, 11) is 0. The number of para-hydroxylation sites is 1. The van der Waals surface area contributed by atoms with Gasteiger partial charge in [-0.15, -0.1) is 11.3 Å². The van der Waals surface area contributed by atoms with Gasteiger partial charge in [0.15, 0.2) is 0 Å². The fourth-order valence-corrected chi connectivity index (χ4v) is 3.20. The molecule has 0 unspecified atom stereocenters. The van der Waals surface area contributed by atoms with Gasteiger partial charge in [-0.2, -0.15) is 0 Å². The summed E-state index contributed by atoms with van der Waals surface area (Å²) >= 11 is 7.86. The highest BCUT2D eigenvalue weighted by Gasteiger charge is 2.03. The lowest BCUT2D eigenvalue weighted by Crippen LogP contribution is -2.12. The van der Waals surface area contributed by atoms with E-state index < -0.39 is 0 Å². The molecule has 0 aliphatic heterocycles. The Morgan fingerprint density at radius 2 is 2.00 bits per heavy atom. The van der Waals surface area contributed by atoms with Crippen LogP contribution in [0.15, 0.2) is 42.5 Å². The van der Waals surface area contributed by atoms with Crippen LogP contribution >= 0.6 is 22.9 Å². The summed E-state index contributed by atoms with van der Waals surface area (Å²) in [6, 6.07) is 14.4. The molecule has 2 nitrogen and oxygen atoms in total. The highest BCUT2D eigenvalue weighted by Crippen LogP contribution is 2.21. The van der Waals surface area contributed by atoms with Crippen LogP contribution in [0.5, 0.6) is 0 Å². The van der Waals surface area contributed by atoms with Crippen LogP contribution in [0.4, 0.5) is 0 Å². The summed E-state index contributed by atoms with van der Waals surface area (Å²) in [4.78, 5) is 4.61. The maximum Gasteiger partial charge on any atom is 0.108 e. The van der Waals surface area contributed by atoms with Crippen molar-refractivity contribution in [2.75, 3.05) is 0 Å². The number of benzene rings is 2. The molecule has 102 valence electrons. The number of nitrogens with zero attached hydrogens (tertiary/aromatic N) is 1. The van der Waals surface area contributed by atoms with Crippen LogP contribution in [0.3, 0.4) is 0 Å². The largest absolute Gasteiger partial charge is 0.306 e. The van der Waals surface area contributed by atoms with Crippen LogP contribution in [0.2, 0.25) is 5.02 Å². The second kappa shape index (κ2) is 5.92. The van der Waals surface area contributed by atoms with Gasteiger partial charge in [-0.1, -0.05) is 35.9 Å². The number of nitrogens with one attached hydrogen (secondary N) is 1. The number of aromatic nitrogens is 1. The van der Waals surface area contributed by atoms with Gasteiger partial charge in [-0.05, 0) is 36.2 Å². The quantitative estimate of drug-likeness (QED) is 0.765. The number of hydrogen-bond acceptors (Lipinski definition) is 3. The lowest BCUT2D eigenvalue weighted by atomic mass is 10.1. The van der Waals surface area contributed by atoms with Crippen molar-refractivity contribution in [3.63, 3.8) is 0 Å². The van der Waals surface area contributed by atoms with Gasteiger partial charge in [-0.25, -0.2) is 4.98 Å². The van der Waals surface area contributed by atoms with Crippen molar-refractivity contribution in [1.82, 2.24) is 10.3 Å². The van der Waals surface area contributed by atoms with Crippen molar-refractivity contribution in [3.8, 4) is 0 Å². The zero-order valence-electron chi connectivity index (χ0n) is 11.2. The van der Waals surface area contributed by atoms with Gasteiger partial charge in [-0.3, -0.25) is 0 Å². The SMILES string of the molecule is Cc1ccc(CNCc2nc3ccccc3s2)cc1Cl. The molecule has 0 aliphatic rings. The Morgan fingerprint density at radius 3 is 2.80 bits per heavy atom. The predicted octanol–water partition coefficient (Wildman–Crippen LogP) is 4.55. The minimum Gasteiger partial charge on any atom is -0.306 e. The smallest absolute Gasteiger partial charge is 0.108 e. The van der Waals surface area contributed by atoms with E-state index in [0.717, 1.165) is 34.2 Å². The van der Waals surface area contributed by atoms with Crippen molar-refractivity contribution >= 4 is 33.2 Å². The average molecular weight is 303 g/mol. The Kier molecular flexibility index (Phi) is 4.01. The number of hydrogen-bond donors (Lipinski definition) is 1. The molecule has 4 heteroatoms. The number of fused-ring (bicyclic) bond motifs is 1. The van der Waals surface area contributed by atoms with Gasteiger partial charge in [0.2, 0.25) is 0 Å². The molecule has 0 saturated heterocycles. The molecule has 0 bridgehead atoms. The Morgan fingerprint density at radius 1 is 1.15 bits per heavy atom. The van der Waals surface area contributed by atoms with Gasteiger partial charge >= 0.3 is 0 Å². The van der Waals surface area contributed by atoms with E-state index in [2.05, 4.69) is 34.6 Å². The molecule has 0 saturated carbocycles. The van der Waals surface area contributed by atoms with Gasteiger partial charge in [0.25, 0.3) is 0 Å². The molecule has 0 fully saturated rings. The predicted molar refractivity (Wildman–Crippen MR) is 86.4 cm³/mol. The molecule has 20 heavy (non-hydrogen) atoms. The summed E-state index contributed by atoms with van der Waals surface area (Å²) in [6.07, 6.45) is 0. The van der Waals surface area contributed by atoms with Crippen LogP contribution < -0.4 is 5.32 Å². The monoisotopic (exact) mass is 302 g/mol. The van der Waals surface area contributed by atoms with Crippen molar-refractivity contribution in [1.29, 1.82) is 0 Å². The molecule has 2 aromatic carbocycles. The Balaban J connectivity index is 1.63. The third kappa shape index (κ3) is 3.01. The van der Waals surface area contributed by atoms with Crippen molar-refractivity contribution < 1.29 is 0 Å². The van der Waals surface area contributed by atoms with E-state index >= 15 is 0 Å². The molecular formula is C16H15ClN2S. The average Bonchev–Trinajstić information content (AvgIpc) is 2.85. The maximum absolute atomic E-state index is 6.13. The second-order valence-corrected chi connectivity index (χ2v) is 6.28. The fourth-order valence-electron chi connectivity index (χ4n) is 2.06. The zero-order chi connectivity index (χ0) is 13.9. The number of thiazole rings is 1. The maximum atomic E-state index is 6.13. The Bertz CT molecular complexity index is 703. The molecule has 0 radical (unpaired) electrons. The molecule has 3 rings (SSSR count). The molecule has 0 spiro atoms. The minimum atomic E-state index is 0.783. The molecule has 1 aromatic heterocycles. The van der Waals surface area contributed by atoms with E-state index in [1.165, 1.54) is 10.3 Å². The summed E-state index contributed by atoms with van der Waals surface area (Å²) in [5.41, 5.74) is 3.39. The van der Waals surface area contributed by atoms with Crippen LogP contribution in [-0.4, -0.2) is 4.98 Å². The first-order valence-electron chi connectivity index (χ1n) is 6.52. The van der Waals surface area contributed by atoms with Crippen molar-refractivity contribution in [2.24, 2.45) is 0 Å². The summed E-state index contributed by atoms with van der Waals surface area (Å²) in [6.45, 7) is 3.60. The van der Waals surface area contributed by atoms with Gasteiger partial charge in [0.05, 0.1) is 10.2 Å². The highest BCUT2D eigenvalue weighted by molar-refractivity contribution is 7.18. The summed E-state index contributed by atoms with van der Waals surface area (Å²) < 4.78 is 1.24.